The molecule has 1 aromatic heterocycles. The van der Waals surface area contributed by atoms with Gasteiger partial charge in [-0.25, -0.2) is 8.42 Å². The van der Waals surface area contributed by atoms with Crippen molar-refractivity contribution in [1.29, 1.82) is 0 Å². The lowest BCUT2D eigenvalue weighted by atomic mass is 10.4. The van der Waals surface area contributed by atoms with Gasteiger partial charge in [-0.3, -0.25) is 0 Å². The highest BCUT2D eigenvalue weighted by molar-refractivity contribution is 7.99. The number of rotatable bonds is 3. The van der Waals surface area contributed by atoms with Gasteiger partial charge in [0.1, 0.15) is 10.8 Å². The molecule has 0 fully saturated rings. The van der Waals surface area contributed by atoms with Crippen molar-refractivity contribution in [3.05, 3.63) is 36.4 Å². The van der Waals surface area contributed by atoms with Gasteiger partial charge in [0, 0.05) is 11.2 Å². The van der Waals surface area contributed by atoms with Crippen molar-refractivity contribution in [3.8, 4) is 0 Å². The van der Waals surface area contributed by atoms with E-state index in [2.05, 4.69) is 10.2 Å². The molecule has 0 aliphatic carbocycles. The van der Waals surface area contributed by atoms with Crippen LogP contribution < -0.4 is 5.73 Å². The molecule has 2 N–H and O–H groups in total. The number of aromatic nitrogens is 2. The molecule has 7 heteroatoms. The SMILES string of the molecule is CS(=O)(=O)c1ccc(Sc2ccc(N)nn2)cc1. The Kier molecular flexibility index (Phi) is 3.53. The van der Waals surface area contributed by atoms with Gasteiger partial charge in [-0.2, -0.15) is 0 Å². The average molecular weight is 281 g/mol. The molecule has 0 saturated heterocycles. The van der Waals surface area contributed by atoms with Crippen LogP contribution in [0.2, 0.25) is 0 Å². The van der Waals surface area contributed by atoms with Gasteiger partial charge >= 0.3 is 0 Å². The first-order chi connectivity index (χ1) is 8.45. The third kappa shape index (κ3) is 3.21. The summed E-state index contributed by atoms with van der Waals surface area (Å²) < 4.78 is 22.6. The lowest BCUT2D eigenvalue weighted by Crippen LogP contribution is -1.96. The zero-order valence-electron chi connectivity index (χ0n) is 9.57. The molecule has 0 aliphatic rings. The third-order valence-electron chi connectivity index (χ3n) is 2.14. The molecule has 18 heavy (non-hydrogen) atoms. The molecule has 0 bridgehead atoms. The van der Waals surface area contributed by atoms with Gasteiger partial charge in [-0.05, 0) is 36.4 Å². The molecule has 0 unspecified atom stereocenters. The smallest absolute Gasteiger partial charge is 0.175 e. The van der Waals surface area contributed by atoms with E-state index in [1.807, 2.05) is 0 Å². The Morgan fingerprint density at radius 2 is 1.72 bits per heavy atom. The van der Waals surface area contributed by atoms with Crippen LogP contribution in [0.15, 0.2) is 51.2 Å². The number of hydrogen-bond donors (Lipinski definition) is 1. The van der Waals surface area contributed by atoms with E-state index in [1.54, 1.807) is 36.4 Å². The maximum absolute atomic E-state index is 11.3. The Morgan fingerprint density at radius 3 is 2.22 bits per heavy atom. The first-order valence-electron chi connectivity index (χ1n) is 5.02. The number of hydrogen-bond acceptors (Lipinski definition) is 6. The predicted molar refractivity (Wildman–Crippen MR) is 70.1 cm³/mol. The summed E-state index contributed by atoms with van der Waals surface area (Å²) in [5.74, 6) is 0.367. The Balaban J connectivity index is 2.18. The van der Waals surface area contributed by atoms with Gasteiger partial charge in [0.15, 0.2) is 9.84 Å². The maximum Gasteiger partial charge on any atom is 0.175 e. The second-order valence-electron chi connectivity index (χ2n) is 3.64. The van der Waals surface area contributed by atoms with Crippen LogP contribution in [0.5, 0.6) is 0 Å². The van der Waals surface area contributed by atoms with Gasteiger partial charge in [-0.1, -0.05) is 11.8 Å². The van der Waals surface area contributed by atoms with Crippen LogP contribution in [0.3, 0.4) is 0 Å². The number of benzene rings is 1. The second-order valence-corrected chi connectivity index (χ2v) is 6.75. The van der Waals surface area contributed by atoms with Crippen molar-refractivity contribution in [2.45, 2.75) is 14.8 Å². The van der Waals surface area contributed by atoms with E-state index in [0.29, 0.717) is 15.7 Å². The Hall–Kier alpha value is -1.60. The lowest BCUT2D eigenvalue weighted by Gasteiger charge is -2.02. The van der Waals surface area contributed by atoms with E-state index in [-0.39, 0.29) is 0 Å². The summed E-state index contributed by atoms with van der Waals surface area (Å²) in [5.41, 5.74) is 5.44. The van der Waals surface area contributed by atoms with Crippen molar-refractivity contribution in [1.82, 2.24) is 10.2 Å². The third-order valence-corrected chi connectivity index (χ3v) is 4.20. The maximum atomic E-state index is 11.3. The monoisotopic (exact) mass is 281 g/mol. The first-order valence-corrected chi connectivity index (χ1v) is 7.73. The van der Waals surface area contributed by atoms with E-state index in [9.17, 15) is 8.42 Å². The molecule has 0 saturated carbocycles. The van der Waals surface area contributed by atoms with Gasteiger partial charge < -0.3 is 5.73 Å². The van der Waals surface area contributed by atoms with Crippen molar-refractivity contribution in [2.75, 3.05) is 12.0 Å². The lowest BCUT2D eigenvalue weighted by molar-refractivity contribution is 0.602. The molecule has 1 aromatic carbocycles. The molecule has 2 aromatic rings. The van der Waals surface area contributed by atoms with Gasteiger partial charge in [-0.15, -0.1) is 10.2 Å². The van der Waals surface area contributed by atoms with E-state index in [0.717, 1.165) is 4.90 Å². The standard InChI is InChI=1S/C11H11N3O2S2/c1-18(15,16)9-4-2-8(3-5-9)17-11-7-6-10(12)13-14-11/h2-7H,1H3,(H2,12,13). The van der Waals surface area contributed by atoms with Crippen LogP contribution in [-0.4, -0.2) is 24.9 Å². The van der Waals surface area contributed by atoms with E-state index >= 15 is 0 Å². The van der Waals surface area contributed by atoms with Crippen molar-refractivity contribution in [2.24, 2.45) is 0 Å². The second kappa shape index (κ2) is 4.95. The van der Waals surface area contributed by atoms with E-state index < -0.39 is 9.84 Å². The molecule has 0 atom stereocenters. The number of nitrogen functional groups attached to an aromatic ring is 1. The molecule has 5 nitrogen and oxygen atoms in total. The first kappa shape index (κ1) is 12.8. The summed E-state index contributed by atoms with van der Waals surface area (Å²) in [6, 6.07) is 10.0. The quantitative estimate of drug-likeness (QED) is 0.920. The molecule has 0 aliphatic heterocycles. The van der Waals surface area contributed by atoms with Crippen LogP contribution in [0.1, 0.15) is 0 Å². The minimum atomic E-state index is -3.15. The minimum Gasteiger partial charge on any atom is -0.382 e. The number of nitrogens with two attached hydrogens (primary N) is 1. The molecule has 0 radical (unpaired) electrons. The van der Waals surface area contributed by atoms with Crippen LogP contribution in [0.25, 0.3) is 0 Å². The highest BCUT2D eigenvalue weighted by atomic mass is 32.2. The van der Waals surface area contributed by atoms with Gasteiger partial charge in [0.2, 0.25) is 0 Å². The molecule has 1 heterocycles. The summed E-state index contributed by atoms with van der Waals surface area (Å²) in [4.78, 5) is 1.19. The van der Waals surface area contributed by atoms with Crippen molar-refractivity contribution >= 4 is 27.4 Å². The summed E-state index contributed by atoms with van der Waals surface area (Å²) >= 11 is 1.39. The largest absolute Gasteiger partial charge is 0.382 e. The Morgan fingerprint density at radius 1 is 1.06 bits per heavy atom. The zero-order chi connectivity index (χ0) is 13.2. The zero-order valence-corrected chi connectivity index (χ0v) is 11.2. The summed E-state index contributed by atoms with van der Waals surface area (Å²) in [7, 11) is -3.15. The van der Waals surface area contributed by atoms with Crippen molar-refractivity contribution in [3.63, 3.8) is 0 Å². The number of sulfone groups is 1. The predicted octanol–water partition coefficient (Wildman–Crippen LogP) is 1.61. The normalized spacial score (nSPS) is 11.4. The fraction of sp³-hybridized carbons (Fsp3) is 0.0909. The topological polar surface area (TPSA) is 85.9 Å². The van der Waals surface area contributed by atoms with Crippen LogP contribution in [0, 0.1) is 0 Å². The van der Waals surface area contributed by atoms with E-state index in [4.69, 9.17) is 5.73 Å². The van der Waals surface area contributed by atoms with Crippen molar-refractivity contribution < 1.29 is 8.42 Å². The summed E-state index contributed by atoms with van der Waals surface area (Å²) in [6.07, 6.45) is 1.18. The Labute approximate surface area is 109 Å². The molecule has 2 rings (SSSR count). The molecule has 0 spiro atoms. The minimum absolute atomic E-state index is 0.301. The molecule has 0 amide bonds. The van der Waals surface area contributed by atoms with Gasteiger partial charge in [0.05, 0.1) is 4.90 Å². The molecular weight excluding hydrogens is 270 g/mol. The number of nitrogens with zero attached hydrogens (tertiary/aromatic N) is 2. The molecular formula is C11H11N3O2S2. The molecule has 94 valence electrons. The highest BCUT2D eigenvalue weighted by Crippen LogP contribution is 2.26. The summed E-state index contributed by atoms with van der Waals surface area (Å²) in [5, 5.41) is 8.36. The van der Waals surface area contributed by atoms with Crippen LogP contribution >= 0.6 is 11.8 Å². The van der Waals surface area contributed by atoms with Crippen LogP contribution in [0.4, 0.5) is 5.82 Å². The fourth-order valence-corrected chi connectivity index (χ4v) is 2.62. The fourth-order valence-electron chi connectivity index (χ4n) is 1.26. The summed E-state index contributed by atoms with van der Waals surface area (Å²) in [6.45, 7) is 0. The van der Waals surface area contributed by atoms with Crippen LogP contribution in [-0.2, 0) is 9.84 Å². The van der Waals surface area contributed by atoms with E-state index in [1.165, 1.54) is 18.0 Å². The van der Waals surface area contributed by atoms with Gasteiger partial charge in [0.25, 0.3) is 0 Å². The highest BCUT2D eigenvalue weighted by Gasteiger charge is 2.07. The average Bonchev–Trinajstić information content (AvgIpc) is 2.32. The Bertz CT molecular complexity index is 637. The number of anilines is 1.